The Morgan fingerprint density at radius 2 is 1.57 bits per heavy atom. The standard InChI is InChI=1S/C27H34N2O6/c1-17(2)13-18(14-25(31)28-12-11-24(30)26(32)33)15-29-27(34)35-16-23-21-9-5-3-7-19(21)20-8-4-6-10-22(20)23/h3-10,17-18,23-24,30H,11-16H2,1-2H3,(H,28,31)(H,29,34)(H,32,33)/t18-,24?/m0/s1. The van der Waals surface area contributed by atoms with Gasteiger partial charge >= 0.3 is 12.1 Å². The van der Waals surface area contributed by atoms with Crippen molar-refractivity contribution in [1.29, 1.82) is 0 Å². The maximum absolute atomic E-state index is 12.5. The number of ether oxygens (including phenoxy) is 1. The van der Waals surface area contributed by atoms with Gasteiger partial charge in [0.05, 0.1) is 0 Å². The van der Waals surface area contributed by atoms with Gasteiger partial charge < -0.3 is 25.6 Å². The van der Waals surface area contributed by atoms with Crippen molar-refractivity contribution in [2.75, 3.05) is 19.7 Å². The van der Waals surface area contributed by atoms with E-state index in [1.807, 2.05) is 38.1 Å². The number of carbonyl (C=O) groups is 3. The predicted molar refractivity (Wildman–Crippen MR) is 132 cm³/mol. The van der Waals surface area contributed by atoms with E-state index >= 15 is 0 Å². The predicted octanol–water partition coefficient (Wildman–Crippen LogP) is 3.53. The lowest BCUT2D eigenvalue weighted by Gasteiger charge is -2.20. The topological polar surface area (TPSA) is 125 Å². The van der Waals surface area contributed by atoms with Crippen molar-refractivity contribution in [1.82, 2.24) is 10.6 Å². The van der Waals surface area contributed by atoms with Crippen LogP contribution in [-0.4, -0.2) is 54.0 Å². The van der Waals surface area contributed by atoms with E-state index in [1.165, 1.54) is 0 Å². The Labute approximate surface area is 205 Å². The number of aliphatic carboxylic acids is 1. The molecular weight excluding hydrogens is 448 g/mol. The van der Waals surface area contributed by atoms with Gasteiger partial charge in [0.25, 0.3) is 0 Å². The summed E-state index contributed by atoms with van der Waals surface area (Å²) in [5, 5.41) is 23.4. The average molecular weight is 483 g/mol. The highest BCUT2D eigenvalue weighted by Crippen LogP contribution is 2.44. The van der Waals surface area contributed by atoms with E-state index in [1.54, 1.807) is 0 Å². The van der Waals surface area contributed by atoms with Crippen molar-refractivity contribution in [3.05, 3.63) is 59.7 Å². The van der Waals surface area contributed by atoms with Gasteiger partial charge in [-0.25, -0.2) is 9.59 Å². The molecule has 188 valence electrons. The van der Waals surface area contributed by atoms with Crippen molar-refractivity contribution >= 4 is 18.0 Å². The first-order valence-electron chi connectivity index (χ1n) is 12.0. The minimum absolute atomic E-state index is 0.0217. The van der Waals surface area contributed by atoms with E-state index in [0.717, 1.165) is 28.7 Å². The zero-order chi connectivity index (χ0) is 25.4. The molecule has 0 bridgehead atoms. The van der Waals surface area contributed by atoms with E-state index in [-0.39, 0.29) is 43.7 Å². The highest BCUT2D eigenvalue weighted by molar-refractivity contribution is 5.79. The van der Waals surface area contributed by atoms with E-state index in [4.69, 9.17) is 9.84 Å². The molecule has 2 atom stereocenters. The molecule has 0 spiro atoms. The van der Waals surface area contributed by atoms with Crippen LogP contribution in [-0.2, 0) is 14.3 Å². The highest BCUT2D eigenvalue weighted by Gasteiger charge is 2.29. The molecule has 35 heavy (non-hydrogen) atoms. The van der Waals surface area contributed by atoms with Crippen molar-refractivity contribution in [3.8, 4) is 11.1 Å². The Morgan fingerprint density at radius 3 is 2.14 bits per heavy atom. The molecule has 0 saturated carbocycles. The first-order valence-corrected chi connectivity index (χ1v) is 12.0. The molecule has 8 nitrogen and oxygen atoms in total. The summed E-state index contributed by atoms with van der Waals surface area (Å²) in [7, 11) is 0. The van der Waals surface area contributed by atoms with Crippen molar-refractivity contribution in [2.24, 2.45) is 11.8 Å². The van der Waals surface area contributed by atoms with Crippen LogP contribution in [0.15, 0.2) is 48.5 Å². The van der Waals surface area contributed by atoms with Crippen molar-refractivity contribution < 1.29 is 29.3 Å². The number of carboxylic acids is 1. The van der Waals surface area contributed by atoms with E-state index in [9.17, 15) is 19.5 Å². The molecule has 1 unspecified atom stereocenters. The number of amides is 2. The van der Waals surface area contributed by atoms with Crippen LogP contribution in [0.25, 0.3) is 11.1 Å². The molecule has 2 aromatic rings. The average Bonchev–Trinajstić information content (AvgIpc) is 3.14. The summed E-state index contributed by atoms with van der Waals surface area (Å²) in [5.74, 6) is -1.36. The smallest absolute Gasteiger partial charge is 0.407 e. The molecule has 8 heteroatoms. The van der Waals surface area contributed by atoms with Gasteiger partial charge in [-0.1, -0.05) is 62.4 Å². The Balaban J connectivity index is 1.49. The van der Waals surface area contributed by atoms with Crippen LogP contribution in [0.1, 0.15) is 50.2 Å². The fraction of sp³-hybridized carbons (Fsp3) is 0.444. The zero-order valence-corrected chi connectivity index (χ0v) is 20.2. The van der Waals surface area contributed by atoms with Crippen molar-refractivity contribution in [3.63, 3.8) is 0 Å². The van der Waals surface area contributed by atoms with Gasteiger partial charge in [-0.05, 0) is 40.5 Å². The monoisotopic (exact) mass is 482 g/mol. The SMILES string of the molecule is CC(C)C[C@H](CNC(=O)OCC1c2ccccc2-c2ccccc21)CC(=O)NCCC(O)C(=O)O. The third-order valence-corrected chi connectivity index (χ3v) is 6.18. The van der Waals surface area contributed by atoms with Gasteiger partial charge in [-0.2, -0.15) is 0 Å². The number of fused-ring (bicyclic) bond motifs is 3. The number of nitrogens with one attached hydrogen (secondary N) is 2. The molecule has 0 aliphatic heterocycles. The molecule has 0 heterocycles. The third-order valence-electron chi connectivity index (χ3n) is 6.18. The maximum atomic E-state index is 12.5. The lowest BCUT2D eigenvalue weighted by atomic mass is 9.93. The lowest BCUT2D eigenvalue weighted by molar-refractivity contribution is -0.147. The van der Waals surface area contributed by atoms with Gasteiger partial charge in [-0.3, -0.25) is 4.79 Å². The summed E-state index contributed by atoms with van der Waals surface area (Å²) in [5.41, 5.74) is 4.61. The Bertz CT molecular complexity index is 992. The van der Waals surface area contributed by atoms with Crippen LogP contribution in [0.3, 0.4) is 0 Å². The second kappa shape index (κ2) is 12.4. The Kier molecular flexibility index (Phi) is 9.25. The van der Waals surface area contributed by atoms with Crippen LogP contribution < -0.4 is 10.6 Å². The van der Waals surface area contributed by atoms with Gasteiger partial charge in [-0.15, -0.1) is 0 Å². The molecule has 0 radical (unpaired) electrons. The number of carboxylic acid groups (broad SMARTS) is 1. The summed E-state index contributed by atoms with van der Waals surface area (Å²) in [4.78, 5) is 35.4. The quantitative estimate of drug-likeness (QED) is 0.367. The number of benzene rings is 2. The summed E-state index contributed by atoms with van der Waals surface area (Å²) in [6.45, 7) is 4.67. The summed E-state index contributed by atoms with van der Waals surface area (Å²) in [6.07, 6.45) is -1.17. The van der Waals surface area contributed by atoms with Gasteiger partial charge in [0.1, 0.15) is 6.61 Å². The first kappa shape index (κ1) is 26.2. The number of carbonyl (C=O) groups excluding carboxylic acids is 2. The minimum Gasteiger partial charge on any atom is -0.479 e. The van der Waals surface area contributed by atoms with Crippen LogP contribution in [0.4, 0.5) is 4.79 Å². The molecule has 2 amide bonds. The van der Waals surface area contributed by atoms with Crippen LogP contribution >= 0.6 is 0 Å². The van der Waals surface area contributed by atoms with Gasteiger partial charge in [0, 0.05) is 31.8 Å². The fourth-order valence-electron chi connectivity index (χ4n) is 4.59. The molecule has 0 saturated heterocycles. The maximum Gasteiger partial charge on any atom is 0.407 e. The number of alkyl carbamates (subject to hydrolysis) is 1. The molecule has 4 N–H and O–H groups in total. The largest absolute Gasteiger partial charge is 0.479 e. The molecule has 1 aliphatic carbocycles. The molecular formula is C27H34N2O6. The molecule has 1 aliphatic rings. The Morgan fingerprint density at radius 1 is 0.971 bits per heavy atom. The number of rotatable bonds is 12. The summed E-state index contributed by atoms with van der Waals surface area (Å²) < 4.78 is 5.58. The molecule has 0 aromatic heterocycles. The number of hydrogen-bond donors (Lipinski definition) is 4. The number of aliphatic hydroxyl groups excluding tert-OH is 1. The lowest BCUT2D eigenvalue weighted by Crippen LogP contribution is -2.35. The van der Waals surface area contributed by atoms with Crippen LogP contribution in [0, 0.1) is 11.8 Å². The van der Waals surface area contributed by atoms with E-state index in [2.05, 4.69) is 34.9 Å². The number of hydrogen-bond acceptors (Lipinski definition) is 5. The van der Waals surface area contributed by atoms with E-state index < -0.39 is 18.2 Å². The molecule has 2 aromatic carbocycles. The third kappa shape index (κ3) is 7.29. The van der Waals surface area contributed by atoms with Gasteiger partial charge in [0.2, 0.25) is 5.91 Å². The second-order valence-electron chi connectivity index (χ2n) is 9.40. The first-order chi connectivity index (χ1) is 16.8. The molecule has 0 fully saturated rings. The molecule has 3 rings (SSSR count). The number of aliphatic hydroxyl groups is 1. The second-order valence-corrected chi connectivity index (χ2v) is 9.40. The van der Waals surface area contributed by atoms with Crippen molar-refractivity contribution in [2.45, 2.75) is 45.1 Å². The Hall–Kier alpha value is -3.39. The van der Waals surface area contributed by atoms with Gasteiger partial charge in [0.15, 0.2) is 6.10 Å². The van der Waals surface area contributed by atoms with Crippen LogP contribution in [0.5, 0.6) is 0 Å². The normalized spacial score (nSPS) is 14.1. The van der Waals surface area contributed by atoms with E-state index in [0.29, 0.717) is 12.5 Å². The minimum atomic E-state index is -1.50. The fourth-order valence-corrected chi connectivity index (χ4v) is 4.59. The zero-order valence-electron chi connectivity index (χ0n) is 20.2. The van der Waals surface area contributed by atoms with Crippen LogP contribution in [0.2, 0.25) is 0 Å². The summed E-state index contributed by atoms with van der Waals surface area (Å²) in [6, 6.07) is 16.3. The highest BCUT2D eigenvalue weighted by atomic mass is 16.5. The summed E-state index contributed by atoms with van der Waals surface area (Å²) >= 11 is 0.